The Morgan fingerprint density at radius 1 is 1.14 bits per heavy atom. The maximum atomic E-state index is 12.4. The van der Waals surface area contributed by atoms with Crippen LogP contribution in [0, 0.1) is 0 Å². The predicted octanol–water partition coefficient (Wildman–Crippen LogP) is 2.42. The van der Waals surface area contributed by atoms with Crippen LogP contribution in [0.3, 0.4) is 0 Å². The molecule has 0 aromatic heterocycles. The molecule has 0 atom stereocenters. The Morgan fingerprint density at radius 3 is 2.14 bits per heavy atom. The normalized spacial score (nSPS) is 12.4. The van der Waals surface area contributed by atoms with Gasteiger partial charge in [0.05, 0.1) is 4.90 Å². The number of benzene rings is 1. The van der Waals surface area contributed by atoms with Gasteiger partial charge in [0, 0.05) is 25.3 Å². The molecule has 21 heavy (non-hydrogen) atoms. The molecule has 120 valence electrons. The summed E-state index contributed by atoms with van der Waals surface area (Å²) in [6.07, 6.45) is 0. The highest BCUT2D eigenvalue weighted by molar-refractivity contribution is 7.92. The molecule has 0 heterocycles. The molecule has 0 radical (unpaired) electrons. The average Bonchev–Trinajstić information content (AvgIpc) is 2.43. The van der Waals surface area contributed by atoms with Crippen LogP contribution in [0.4, 0.5) is 18.9 Å². The van der Waals surface area contributed by atoms with Crippen molar-refractivity contribution in [2.24, 2.45) is 0 Å². The zero-order chi connectivity index (χ0) is 16.1. The largest absolute Gasteiger partial charge is 0.501 e. The van der Waals surface area contributed by atoms with Gasteiger partial charge < -0.3 is 10.2 Å². The number of sulfone groups is 1. The summed E-state index contributed by atoms with van der Waals surface area (Å²) >= 11 is 0. The minimum atomic E-state index is -5.28. The van der Waals surface area contributed by atoms with Crippen molar-refractivity contribution >= 4 is 15.5 Å². The second-order valence-electron chi connectivity index (χ2n) is 4.38. The number of hydrogen-bond donors (Lipinski definition) is 1. The highest BCUT2D eigenvalue weighted by atomic mass is 32.2. The van der Waals surface area contributed by atoms with E-state index in [0.717, 1.165) is 25.2 Å². The van der Waals surface area contributed by atoms with Crippen LogP contribution in [0.5, 0.6) is 0 Å². The maximum Gasteiger partial charge on any atom is 0.501 e. The van der Waals surface area contributed by atoms with Crippen LogP contribution in [0.25, 0.3) is 0 Å². The first-order chi connectivity index (χ1) is 9.74. The molecular weight excluding hydrogens is 305 g/mol. The average molecular weight is 324 g/mol. The molecule has 4 nitrogen and oxygen atoms in total. The number of alkyl halides is 3. The van der Waals surface area contributed by atoms with Crippen molar-refractivity contribution in [1.29, 1.82) is 0 Å². The third-order valence-electron chi connectivity index (χ3n) is 3.01. The van der Waals surface area contributed by atoms with Crippen molar-refractivity contribution in [3.8, 4) is 0 Å². The fourth-order valence-corrected chi connectivity index (χ4v) is 2.59. The van der Waals surface area contributed by atoms with Gasteiger partial charge in [-0.2, -0.15) is 13.2 Å². The minimum Gasteiger partial charge on any atom is -0.371 e. The predicted molar refractivity (Wildman–Crippen MR) is 76.1 cm³/mol. The van der Waals surface area contributed by atoms with Crippen molar-refractivity contribution < 1.29 is 21.6 Å². The van der Waals surface area contributed by atoms with Crippen molar-refractivity contribution in [3.05, 3.63) is 24.3 Å². The lowest BCUT2D eigenvalue weighted by atomic mass is 10.3. The van der Waals surface area contributed by atoms with E-state index < -0.39 is 20.2 Å². The number of rotatable bonds is 7. The summed E-state index contributed by atoms with van der Waals surface area (Å²) in [5.74, 6) is 0. The molecule has 0 amide bonds. The fraction of sp³-hybridized carbons (Fsp3) is 0.538. The molecule has 0 aliphatic carbocycles. The van der Waals surface area contributed by atoms with Crippen molar-refractivity contribution in [2.45, 2.75) is 24.3 Å². The first-order valence-electron chi connectivity index (χ1n) is 6.61. The molecule has 0 bridgehead atoms. The van der Waals surface area contributed by atoms with Gasteiger partial charge in [-0.15, -0.1) is 0 Å². The topological polar surface area (TPSA) is 49.4 Å². The van der Waals surface area contributed by atoms with E-state index in [2.05, 4.69) is 5.32 Å². The molecule has 0 aliphatic heterocycles. The van der Waals surface area contributed by atoms with Crippen LogP contribution in [-0.2, 0) is 9.84 Å². The quantitative estimate of drug-likeness (QED) is 0.783. The molecule has 0 spiro atoms. The first-order valence-corrected chi connectivity index (χ1v) is 8.09. The van der Waals surface area contributed by atoms with E-state index in [0.29, 0.717) is 18.8 Å². The zero-order valence-electron chi connectivity index (χ0n) is 11.9. The smallest absolute Gasteiger partial charge is 0.371 e. The van der Waals surface area contributed by atoms with E-state index in [1.165, 1.54) is 12.1 Å². The van der Waals surface area contributed by atoms with E-state index >= 15 is 0 Å². The van der Waals surface area contributed by atoms with Gasteiger partial charge in [-0.25, -0.2) is 8.42 Å². The number of hydrogen-bond acceptors (Lipinski definition) is 4. The second-order valence-corrected chi connectivity index (χ2v) is 6.32. The Bertz CT molecular complexity index is 542. The van der Waals surface area contributed by atoms with Crippen LogP contribution in [-0.4, -0.2) is 40.1 Å². The SMILES string of the molecule is CCNCCN(CC)c1ccc(S(=O)(=O)C(F)(F)F)cc1. The number of likely N-dealkylation sites (N-methyl/N-ethyl adjacent to an activating group) is 2. The molecule has 8 heteroatoms. The van der Waals surface area contributed by atoms with Gasteiger partial charge in [-0.1, -0.05) is 6.92 Å². The number of halogens is 3. The Balaban J connectivity index is 2.91. The molecule has 0 fully saturated rings. The molecule has 0 saturated carbocycles. The lowest BCUT2D eigenvalue weighted by molar-refractivity contribution is -0.0436. The third-order valence-corrected chi connectivity index (χ3v) is 4.51. The van der Waals surface area contributed by atoms with Crippen molar-refractivity contribution in [1.82, 2.24) is 5.32 Å². The summed E-state index contributed by atoms with van der Waals surface area (Å²) in [5.41, 5.74) is -4.58. The second kappa shape index (κ2) is 7.13. The summed E-state index contributed by atoms with van der Waals surface area (Å²) in [5, 5.41) is 3.15. The molecule has 1 N–H and O–H groups in total. The zero-order valence-corrected chi connectivity index (χ0v) is 12.8. The van der Waals surface area contributed by atoms with E-state index in [4.69, 9.17) is 0 Å². The number of nitrogens with one attached hydrogen (secondary N) is 1. The van der Waals surface area contributed by atoms with Crippen LogP contribution in [0.2, 0.25) is 0 Å². The van der Waals surface area contributed by atoms with Crippen molar-refractivity contribution in [2.75, 3.05) is 31.1 Å². The monoisotopic (exact) mass is 324 g/mol. The van der Waals surface area contributed by atoms with Gasteiger partial charge in [0.15, 0.2) is 0 Å². The Morgan fingerprint density at radius 2 is 1.71 bits per heavy atom. The van der Waals surface area contributed by atoms with Crippen LogP contribution in [0.1, 0.15) is 13.8 Å². The van der Waals surface area contributed by atoms with Crippen LogP contribution >= 0.6 is 0 Å². The lowest BCUT2D eigenvalue weighted by Crippen LogP contribution is -2.32. The fourth-order valence-electron chi connectivity index (χ4n) is 1.83. The molecular formula is C13H19F3N2O2S. The number of nitrogens with zero attached hydrogens (tertiary/aromatic N) is 1. The standard InChI is InChI=1S/C13H19F3N2O2S/c1-3-17-9-10-18(4-2)11-5-7-12(8-6-11)21(19,20)13(14,15)16/h5-8,17H,3-4,9-10H2,1-2H3. The third kappa shape index (κ3) is 4.34. The lowest BCUT2D eigenvalue weighted by Gasteiger charge is -2.23. The summed E-state index contributed by atoms with van der Waals surface area (Å²) < 4.78 is 59.9. The Kier molecular flexibility index (Phi) is 6.03. The van der Waals surface area contributed by atoms with Crippen molar-refractivity contribution in [3.63, 3.8) is 0 Å². The summed E-state index contributed by atoms with van der Waals surface area (Å²) in [6.45, 7) is 6.85. The van der Waals surface area contributed by atoms with E-state index in [1.807, 2.05) is 18.7 Å². The Hall–Kier alpha value is -1.28. The summed E-state index contributed by atoms with van der Waals surface area (Å²) in [4.78, 5) is 1.22. The highest BCUT2D eigenvalue weighted by Gasteiger charge is 2.46. The number of anilines is 1. The molecule has 1 aromatic carbocycles. The van der Waals surface area contributed by atoms with Crippen LogP contribution < -0.4 is 10.2 Å². The van der Waals surface area contributed by atoms with Gasteiger partial charge in [0.2, 0.25) is 0 Å². The van der Waals surface area contributed by atoms with Gasteiger partial charge in [0.25, 0.3) is 9.84 Å². The summed E-state index contributed by atoms with van der Waals surface area (Å²) in [7, 11) is -5.28. The molecule has 1 aromatic rings. The van der Waals surface area contributed by atoms with E-state index in [-0.39, 0.29) is 0 Å². The van der Waals surface area contributed by atoms with Gasteiger partial charge in [-0.05, 0) is 37.7 Å². The van der Waals surface area contributed by atoms with Gasteiger partial charge >= 0.3 is 5.51 Å². The summed E-state index contributed by atoms with van der Waals surface area (Å²) in [6, 6.07) is 4.78. The molecule has 0 saturated heterocycles. The first kappa shape index (κ1) is 17.8. The highest BCUT2D eigenvalue weighted by Crippen LogP contribution is 2.31. The Labute approximate surface area is 122 Å². The molecule has 1 rings (SSSR count). The van der Waals surface area contributed by atoms with E-state index in [9.17, 15) is 21.6 Å². The van der Waals surface area contributed by atoms with Gasteiger partial charge in [0.1, 0.15) is 0 Å². The van der Waals surface area contributed by atoms with Crippen LogP contribution in [0.15, 0.2) is 29.2 Å². The van der Waals surface area contributed by atoms with E-state index in [1.54, 1.807) is 0 Å². The minimum absolute atomic E-state index is 0.677. The molecule has 0 unspecified atom stereocenters. The maximum absolute atomic E-state index is 12.4. The van der Waals surface area contributed by atoms with Gasteiger partial charge in [-0.3, -0.25) is 0 Å². The molecule has 0 aliphatic rings.